The fourth-order valence-electron chi connectivity index (χ4n) is 5.18. The van der Waals surface area contributed by atoms with Crippen LogP contribution in [0, 0.1) is 5.82 Å². The number of hydrogen-bond acceptors (Lipinski definition) is 7. The molecule has 0 aliphatic carbocycles. The van der Waals surface area contributed by atoms with Gasteiger partial charge in [-0.1, -0.05) is 48.7 Å². The van der Waals surface area contributed by atoms with Crippen LogP contribution in [-0.4, -0.2) is 53.1 Å². The van der Waals surface area contributed by atoms with Gasteiger partial charge in [-0.05, 0) is 59.3 Å². The Bertz CT molecular complexity index is 2360. The lowest BCUT2D eigenvalue weighted by Gasteiger charge is -2.12. The lowest BCUT2D eigenvalue weighted by molar-refractivity contribution is 0.625. The van der Waals surface area contributed by atoms with Gasteiger partial charge in [-0.3, -0.25) is 19.8 Å². The highest BCUT2D eigenvalue weighted by atomic mass is 32.2. The third-order valence-electron chi connectivity index (χ3n) is 7.37. The maximum Gasteiger partial charge on any atom is 0.161 e. The number of halogens is 1. The van der Waals surface area contributed by atoms with Crippen molar-refractivity contribution in [3.05, 3.63) is 115 Å². The fourth-order valence-corrected chi connectivity index (χ4v) is 5.70. The first-order valence-electron chi connectivity index (χ1n) is 14.3. The van der Waals surface area contributed by atoms with Gasteiger partial charge in [0.1, 0.15) is 11.3 Å². The van der Waals surface area contributed by atoms with Crippen molar-refractivity contribution in [3.8, 4) is 33.9 Å². The summed E-state index contributed by atoms with van der Waals surface area (Å²) in [5.74, 6) is 8.26. The number of nitrogens with zero attached hydrogens (tertiary/aromatic N) is 5. The number of nitrogens with one attached hydrogen (secondary N) is 4. The molecule has 5 heterocycles. The number of benzene rings is 2. The Morgan fingerprint density at radius 3 is 2.52 bits per heavy atom. The van der Waals surface area contributed by atoms with Crippen molar-refractivity contribution in [3.63, 3.8) is 0 Å². The smallest absolute Gasteiger partial charge is 0.161 e. The molecule has 0 radical (unpaired) electrons. The molecule has 7 aromatic rings. The van der Waals surface area contributed by atoms with E-state index in [9.17, 15) is 4.39 Å². The van der Waals surface area contributed by atoms with Crippen LogP contribution < -0.4 is 10.0 Å². The van der Waals surface area contributed by atoms with Crippen LogP contribution in [0.3, 0.4) is 0 Å². The van der Waals surface area contributed by atoms with E-state index in [0.717, 1.165) is 39.3 Å². The number of hydrogen-bond donors (Lipinski definition) is 4. The topological polar surface area (TPSA) is 120 Å². The Labute approximate surface area is 265 Å². The number of aromatic amines is 2. The van der Waals surface area contributed by atoms with Crippen LogP contribution in [0.2, 0.25) is 0 Å². The molecular formula is C35H30FN9S. The largest absolute Gasteiger partial charge is 0.354 e. The van der Waals surface area contributed by atoms with Gasteiger partial charge in [-0.2, -0.15) is 14.5 Å². The van der Waals surface area contributed by atoms with Gasteiger partial charge in [0.25, 0.3) is 0 Å². The van der Waals surface area contributed by atoms with E-state index in [-0.39, 0.29) is 5.82 Å². The average molecular weight is 628 g/mol. The molecule has 0 unspecified atom stereocenters. The zero-order valence-corrected chi connectivity index (χ0v) is 25.8. The Morgan fingerprint density at radius 1 is 0.870 bits per heavy atom. The van der Waals surface area contributed by atoms with Gasteiger partial charge < -0.3 is 10.3 Å². The SMILES string of the molecule is C=C(Nc1cncc(-c2ccc3[nH]nc(-c4nc5c(-c6cc(F)cc(CNS(=C)(=C)C)c6)cncc5[nH]4)c3n2)c1)c1ccccc1. The Kier molecular flexibility index (Phi) is 7.39. The van der Waals surface area contributed by atoms with Gasteiger partial charge in [-0.25, -0.2) is 14.4 Å². The molecule has 0 saturated carbocycles. The first-order valence-corrected chi connectivity index (χ1v) is 16.7. The van der Waals surface area contributed by atoms with E-state index in [1.54, 1.807) is 24.8 Å². The summed E-state index contributed by atoms with van der Waals surface area (Å²) >= 11 is 0. The van der Waals surface area contributed by atoms with Crippen LogP contribution in [0.4, 0.5) is 10.1 Å². The molecule has 2 aromatic carbocycles. The zero-order valence-electron chi connectivity index (χ0n) is 25.0. The summed E-state index contributed by atoms with van der Waals surface area (Å²) in [6.45, 7) is 4.61. The number of fused-ring (bicyclic) bond motifs is 2. The van der Waals surface area contributed by atoms with Crippen LogP contribution in [0.5, 0.6) is 0 Å². The predicted octanol–water partition coefficient (Wildman–Crippen LogP) is 7.15. The Morgan fingerprint density at radius 2 is 1.70 bits per heavy atom. The molecule has 7 rings (SSSR count). The molecule has 11 heteroatoms. The second-order valence-electron chi connectivity index (χ2n) is 11.2. The van der Waals surface area contributed by atoms with E-state index in [4.69, 9.17) is 9.97 Å². The van der Waals surface area contributed by atoms with Gasteiger partial charge in [0.15, 0.2) is 11.5 Å². The third kappa shape index (κ3) is 6.01. The van der Waals surface area contributed by atoms with Crippen molar-refractivity contribution >= 4 is 54.6 Å². The van der Waals surface area contributed by atoms with Gasteiger partial charge in [0, 0.05) is 35.8 Å². The number of imidazole rings is 1. The standard InChI is InChI=1S/C35H30FN9S/c1-21(23-8-6-5-7-9-23)40-27-15-25(17-37-18-27)29-10-11-30-33(41-29)34(45-44-30)35-42-31-20-38-19-28(32(31)43-35)24-12-22(13-26(36)14-24)16-39-46(2,3)4/h5-15,17-20,39-40H,1-3,16H2,4H3,(H,42,43)(H,44,45). The van der Waals surface area contributed by atoms with E-state index in [1.807, 2.05) is 60.9 Å². The maximum absolute atomic E-state index is 14.7. The number of aromatic nitrogens is 7. The van der Waals surface area contributed by atoms with Crippen molar-refractivity contribution < 1.29 is 4.39 Å². The highest BCUT2D eigenvalue weighted by molar-refractivity contribution is 8.25. The summed E-state index contributed by atoms with van der Waals surface area (Å²) in [4.78, 5) is 22.0. The van der Waals surface area contributed by atoms with Crippen molar-refractivity contribution in [1.82, 2.24) is 39.8 Å². The molecule has 0 atom stereocenters. The second-order valence-corrected chi connectivity index (χ2v) is 14.0. The van der Waals surface area contributed by atoms with Gasteiger partial charge >= 0.3 is 0 Å². The minimum absolute atomic E-state index is 0.347. The third-order valence-corrected chi connectivity index (χ3v) is 8.21. The predicted molar refractivity (Wildman–Crippen MR) is 189 cm³/mol. The van der Waals surface area contributed by atoms with Gasteiger partial charge in [0.2, 0.25) is 0 Å². The summed E-state index contributed by atoms with van der Waals surface area (Å²) < 4.78 is 18.0. The lowest BCUT2D eigenvalue weighted by atomic mass is 10.0. The molecule has 5 aromatic heterocycles. The van der Waals surface area contributed by atoms with Crippen LogP contribution >= 0.6 is 9.39 Å². The number of pyridine rings is 3. The van der Waals surface area contributed by atoms with Crippen LogP contribution in [-0.2, 0) is 6.54 Å². The molecule has 4 N–H and O–H groups in total. The average Bonchev–Trinajstić information content (AvgIpc) is 3.68. The highest BCUT2D eigenvalue weighted by Gasteiger charge is 2.18. The molecule has 0 aliphatic rings. The molecule has 0 amide bonds. The quantitative estimate of drug-likeness (QED) is 0.126. The van der Waals surface area contributed by atoms with E-state index in [0.29, 0.717) is 45.7 Å². The molecule has 9 nitrogen and oxygen atoms in total. The summed E-state index contributed by atoms with van der Waals surface area (Å²) in [6.07, 6.45) is 8.84. The Hall–Kier alpha value is -5.65. The minimum atomic E-state index is -1.45. The van der Waals surface area contributed by atoms with Crippen molar-refractivity contribution in [2.75, 3.05) is 11.6 Å². The monoisotopic (exact) mass is 627 g/mol. The summed E-state index contributed by atoms with van der Waals surface area (Å²) in [7, 11) is -1.45. The Balaban J connectivity index is 1.22. The number of rotatable bonds is 9. The first-order chi connectivity index (χ1) is 22.2. The van der Waals surface area contributed by atoms with E-state index >= 15 is 0 Å². The molecular weight excluding hydrogens is 598 g/mol. The summed E-state index contributed by atoms with van der Waals surface area (Å²) in [5.41, 5.74) is 9.53. The van der Waals surface area contributed by atoms with Crippen molar-refractivity contribution in [1.29, 1.82) is 0 Å². The molecule has 0 aliphatic heterocycles. The first kappa shape index (κ1) is 29.1. The second kappa shape index (κ2) is 11.7. The molecule has 0 bridgehead atoms. The minimum Gasteiger partial charge on any atom is -0.354 e. The zero-order chi connectivity index (χ0) is 31.8. The molecule has 0 spiro atoms. The highest BCUT2D eigenvalue weighted by Crippen LogP contribution is 2.32. The van der Waals surface area contributed by atoms with Crippen LogP contribution in [0.15, 0.2) is 98.1 Å². The van der Waals surface area contributed by atoms with Crippen molar-refractivity contribution in [2.45, 2.75) is 6.54 Å². The van der Waals surface area contributed by atoms with E-state index in [2.05, 4.69) is 53.5 Å². The summed E-state index contributed by atoms with van der Waals surface area (Å²) in [5, 5.41) is 10.9. The van der Waals surface area contributed by atoms with Gasteiger partial charge in [-0.15, -0.1) is 0 Å². The normalized spacial score (nSPS) is 11.7. The molecule has 46 heavy (non-hydrogen) atoms. The van der Waals surface area contributed by atoms with Gasteiger partial charge in [0.05, 0.1) is 40.3 Å². The van der Waals surface area contributed by atoms with Crippen LogP contribution in [0.1, 0.15) is 11.1 Å². The summed E-state index contributed by atoms with van der Waals surface area (Å²) in [6, 6.07) is 20.6. The lowest BCUT2D eigenvalue weighted by Crippen LogP contribution is -2.08. The molecule has 0 saturated heterocycles. The van der Waals surface area contributed by atoms with E-state index in [1.165, 1.54) is 12.1 Å². The molecule has 0 fully saturated rings. The fraction of sp³-hybridized carbons (Fsp3) is 0.0571. The molecule has 228 valence electrons. The number of anilines is 1. The van der Waals surface area contributed by atoms with Crippen LogP contribution in [0.25, 0.3) is 61.7 Å². The van der Waals surface area contributed by atoms with E-state index < -0.39 is 9.39 Å². The maximum atomic E-state index is 14.7. The number of H-pyrrole nitrogens is 2. The van der Waals surface area contributed by atoms with Crippen molar-refractivity contribution in [2.24, 2.45) is 0 Å².